The number of carbonyl (C=O) groups excluding carboxylic acids is 1. The number of carboxylic acids is 1. The number of hydrogen-bond acceptors (Lipinski definition) is 3. The van der Waals surface area contributed by atoms with Crippen molar-refractivity contribution in [3.63, 3.8) is 0 Å². The smallest absolute Gasteiger partial charge is 0.323 e. The molecule has 0 saturated carbocycles. The van der Waals surface area contributed by atoms with Gasteiger partial charge in [0.2, 0.25) is 0 Å². The van der Waals surface area contributed by atoms with Gasteiger partial charge >= 0.3 is 5.97 Å². The van der Waals surface area contributed by atoms with Crippen LogP contribution in [0.3, 0.4) is 0 Å². The molecule has 136 valence electrons. The molecule has 0 radical (unpaired) electrons. The number of amides is 1. The summed E-state index contributed by atoms with van der Waals surface area (Å²) >= 11 is 0. The van der Waals surface area contributed by atoms with Gasteiger partial charge in [-0.25, -0.2) is 4.39 Å². The van der Waals surface area contributed by atoms with Gasteiger partial charge < -0.3 is 15.0 Å². The molecule has 0 unspecified atom stereocenters. The predicted octanol–water partition coefficient (Wildman–Crippen LogP) is 2.12. The molecule has 0 aliphatic heterocycles. The van der Waals surface area contributed by atoms with Crippen molar-refractivity contribution in [1.29, 1.82) is 0 Å². The number of pyridine rings is 1. The average molecular weight is 358 g/mol. The number of aryl methyl sites for hydroxylation is 2. The van der Waals surface area contributed by atoms with E-state index in [0.29, 0.717) is 5.56 Å². The highest BCUT2D eigenvalue weighted by Gasteiger charge is 2.23. The maximum Gasteiger partial charge on any atom is 0.323 e. The number of benzene rings is 1. The standard InChI is InChI=1S/C19H19FN2O4/c20-14-7-5-12(6-8-14)10-22(11-17(23)24)19(26)15-9-13-3-1-2-4-16(13)21-18(15)25/h5-9H,1-4,10-11H2,(H,21,25)(H,23,24). The second-order valence-corrected chi connectivity index (χ2v) is 6.40. The van der Waals surface area contributed by atoms with Crippen molar-refractivity contribution < 1.29 is 19.1 Å². The number of aromatic amines is 1. The number of fused-ring (bicyclic) bond motifs is 1. The fourth-order valence-corrected chi connectivity index (χ4v) is 3.18. The summed E-state index contributed by atoms with van der Waals surface area (Å²) in [6.45, 7) is -0.575. The van der Waals surface area contributed by atoms with E-state index in [0.717, 1.165) is 41.8 Å². The molecule has 1 aliphatic carbocycles. The average Bonchev–Trinajstić information content (AvgIpc) is 2.61. The number of carbonyl (C=O) groups is 2. The highest BCUT2D eigenvalue weighted by Crippen LogP contribution is 2.19. The molecule has 7 heteroatoms. The molecule has 0 saturated heterocycles. The summed E-state index contributed by atoms with van der Waals surface area (Å²) in [6.07, 6.45) is 3.53. The normalized spacial score (nSPS) is 13.1. The summed E-state index contributed by atoms with van der Waals surface area (Å²) in [7, 11) is 0. The first kappa shape index (κ1) is 17.8. The maximum absolute atomic E-state index is 13.1. The first-order valence-corrected chi connectivity index (χ1v) is 8.44. The van der Waals surface area contributed by atoms with Gasteiger partial charge in [-0.2, -0.15) is 0 Å². The summed E-state index contributed by atoms with van der Waals surface area (Å²) in [6, 6.07) is 7.02. The lowest BCUT2D eigenvalue weighted by atomic mass is 9.95. The predicted molar refractivity (Wildman–Crippen MR) is 92.5 cm³/mol. The van der Waals surface area contributed by atoms with E-state index in [2.05, 4.69) is 4.98 Å². The minimum absolute atomic E-state index is 0.0259. The van der Waals surface area contributed by atoms with Crippen LogP contribution in [-0.4, -0.2) is 33.4 Å². The zero-order valence-corrected chi connectivity index (χ0v) is 14.1. The summed E-state index contributed by atoms with van der Waals surface area (Å²) < 4.78 is 13.1. The first-order valence-electron chi connectivity index (χ1n) is 8.44. The second-order valence-electron chi connectivity index (χ2n) is 6.40. The lowest BCUT2D eigenvalue weighted by Crippen LogP contribution is -2.38. The van der Waals surface area contributed by atoms with Crippen LogP contribution in [-0.2, 0) is 24.2 Å². The summed E-state index contributed by atoms with van der Waals surface area (Å²) in [5.41, 5.74) is 1.78. The molecule has 0 bridgehead atoms. The fraction of sp³-hybridized carbons (Fsp3) is 0.316. The number of nitrogens with zero attached hydrogens (tertiary/aromatic N) is 1. The topological polar surface area (TPSA) is 90.5 Å². The molecule has 6 nitrogen and oxygen atoms in total. The molecule has 0 atom stereocenters. The third kappa shape index (κ3) is 3.99. The minimum atomic E-state index is -1.19. The van der Waals surface area contributed by atoms with Crippen LogP contribution in [0.2, 0.25) is 0 Å². The van der Waals surface area contributed by atoms with Gasteiger partial charge in [0.05, 0.1) is 0 Å². The van der Waals surface area contributed by atoms with Gasteiger partial charge in [0.25, 0.3) is 11.5 Å². The SMILES string of the molecule is O=C(O)CN(Cc1ccc(F)cc1)C(=O)c1cc2c([nH]c1=O)CCCC2. The molecule has 26 heavy (non-hydrogen) atoms. The number of nitrogens with one attached hydrogen (secondary N) is 1. The molecular formula is C19H19FN2O4. The third-order valence-electron chi connectivity index (χ3n) is 4.47. The Hall–Kier alpha value is -2.96. The van der Waals surface area contributed by atoms with Crippen LogP contribution < -0.4 is 5.56 Å². The van der Waals surface area contributed by atoms with Gasteiger partial charge in [0, 0.05) is 12.2 Å². The molecule has 0 spiro atoms. The van der Waals surface area contributed by atoms with Crippen LogP contribution in [0.15, 0.2) is 35.1 Å². The Labute approximate surface area is 149 Å². The van der Waals surface area contributed by atoms with E-state index in [1.807, 2.05) is 0 Å². The van der Waals surface area contributed by atoms with E-state index in [1.165, 1.54) is 24.3 Å². The number of halogens is 1. The summed E-state index contributed by atoms with van der Waals surface area (Å²) in [4.78, 5) is 40.1. The van der Waals surface area contributed by atoms with E-state index in [9.17, 15) is 18.8 Å². The van der Waals surface area contributed by atoms with Gasteiger partial charge in [-0.05, 0) is 55.0 Å². The van der Waals surface area contributed by atoms with E-state index >= 15 is 0 Å². The van der Waals surface area contributed by atoms with Gasteiger partial charge in [-0.1, -0.05) is 12.1 Å². The molecule has 1 aliphatic rings. The summed E-state index contributed by atoms with van der Waals surface area (Å²) in [5.74, 6) is -2.25. The molecule has 1 amide bonds. The minimum Gasteiger partial charge on any atom is -0.480 e. The van der Waals surface area contributed by atoms with E-state index in [1.54, 1.807) is 6.07 Å². The number of hydrogen-bond donors (Lipinski definition) is 2. The van der Waals surface area contributed by atoms with Gasteiger partial charge in [-0.15, -0.1) is 0 Å². The molecule has 0 fully saturated rings. The Morgan fingerprint density at radius 1 is 1.15 bits per heavy atom. The van der Waals surface area contributed by atoms with Crippen molar-refractivity contribution >= 4 is 11.9 Å². The number of rotatable bonds is 5. The van der Waals surface area contributed by atoms with Gasteiger partial charge in [0.15, 0.2) is 0 Å². The number of aromatic nitrogens is 1. The van der Waals surface area contributed by atoms with Crippen LogP contribution in [0.25, 0.3) is 0 Å². The Morgan fingerprint density at radius 2 is 1.85 bits per heavy atom. The Kier molecular flexibility index (Phi) is 5.16. The molecule has 1 aromatic carbocycles. The first-order chi connectivity index (χ1) is 12.4. The van der Waals surface area contributed by atoms with Crippen LogP contribution >= 0.6 is 0 Å². The lowest BCUT2D eigenvalue weighted by molar-refractivity contribution is -0.137. The van der Waals surface area contributed by atoms with E-state index in [4.69, 9.17) is 5.11 Å². The maximum atomic E-state index is 13.1. The molecule has 3 rings (SSSR count). The van der Waals surface area contributed by atoms with Crippen LogP contribution in [0.4, 0.5) is 4.39 Å². The molecule has 1 heterocycles. The monoisotopic (exact) mass is 358 g/mol. The molecular weight excluding hydrogens is 339 g/mol. The van der Waals surface area contributed by atoms with E-state index in [-0.39, 0.29) is 12.1 Å². The van der Waals surface area contributed by atoms with E-state index < -0.39 is 29.8 Å². The fourth-order valence-electron chi connectivity index (χ4n) is 3.18. The largest absolute Gasteiger partial charge is 0.480 e. The van der Waals surface area contributed by atoms with Crippen molar-refractivity contribution in [2.24, 2.45) is 0 Å². The third-order valence-corrected chi connectivity index (χ3v) is 4.47. The Morgan fingerprint density at radius 3 is 2.54 bits per heavy atom. The number of aliphatic carboxylic acids is 1. The molecule has 2 N–H and O–H groups in total. The Bertz CT molecular complexity index is 889. The Balaban J connectivity index is 1.91. The second kappa shape index (κ2) is 7.51. The lowest BCUT2D eigenvalue weighted by Gasteiger charge is -2.22. The van der Waals surface area contributed by atoms with Crippen molar-refractivity contribution in [1.82, 2.24) is 9.88 Å². The summed E-state index contributed by atoms with van der Waals surface area (Å²) in [5, 5.41) is 9.12. The number of H-pyrrole nitrogens is 1. The van der Waals surface area contributed by atoms with Crippen molar-refractivity contribution in [2.75, 3.05) is 6.54 Å². The van der Waals surface area contributed by atoms with Crippen LogP contribution in [0.5, 0.6) is 0 Å². The highest BCUT2D eigenvalue weighted by atomic mass is 19.1. The van der Waals surface area contributed by atoms with Crippen molar-refractivity contribution in [3.05, 3.63) is 68.9 Å². The van der Waals surface area contributed by atoms with Crippen molar-refractivity contribution in [2.45, 2.75) is 32.2 Å². The quantitative estimate of drug-likeness (QED) is 0.857. The number of carboxylic acid groups (broad SMARTS) is 1. The molecule has 2 aromatic rings. The van der Waals surface area contributed by atoms with Crippen LogP contribution in [0, 0.1) is 5.82 Å². The van der Waals surface area contributed by atoms with Crippen molar-refractivity contribution in [3.8, 4) is 0 Å². The highest BCUT2D eigenvalue weighted by molar-refractivity contribution is 5.95. The molecule has 1 aromatic heterocycles. The zero-order chi connectivity index (χ0) is 18.7. The zero-order valence-electron chi connectivity index (χ0n) is 14.1. The van der Waals surface area contributed by atoms with Gasteiger partial charge in [0.1, 0.15) is 17.9 Å². The van der Waals surface area contributed by atoms with Gasteiger partial charge in [-0.3, -0.25) is 14.4 Å². The van der Waals surface area contributed by atoms with Crippen LogP contribution in [0.1, 0.15) is 40.0 Å².